The van der Waals surface area contributed by atoms with Gasteiger partial charge in [-0.1, -0.05) is 31.5 Å². The minimum absolute atomic E-state index is 0.514. The SMILES string of the molecule is CC(=O)[Si]1(C)CCCC1. The standard InChI is InChI=1S/C7H14OSi/c1-7(8)9(2)5-3-4-6-9/h3-6H2,1-2H3. The quantitative estimate of drug-likeness (QED) is 0.512. The van der Waals surface area contributed by atoms with E-state index >= 15 is 0 Å². The van der Waals surface area contributed by atoms with Gasteiger partial charge >= 0.3 is 0 Å². The molecular weight excluding hydrogens is 128 g/mol. The molecule has 0 aromatic heterocycles. The summed E-state index contributed by atoms with van der Waals surface area (Å²) in [6, 6.07) is 2.50. The Kier molecular flexibility index (Phi) is 1.75. The van der Waals surface area contributed by atoms with Crippen LogP contribution in [0.3, 0.4) is 0 Å². The van der Waals surface area contributed by atoms with E-state index in [1.54, 1.807) is 6.92 Å². The van der Waals surface area contributed by atoms with E-state index in [4.69, 9.17) is 0 Å². The minimum atomic E-state index is -1.30. The molecule has 0 aromatic rings. The summed E-state index contributed by atoms with van der Waals surface area (Å²) < 4.78 is 0. The molecule has 0 radical (unpaired) electrons. The molecule has 0 unspecified atom stereocenters. The molecule has 0 N–H and O–H groups in total. The molecular formula is C7H14OSi. The molecule has 0 aromatic carbocycles. The first-order chi connectivity index (χ1) is 4.15. The average molecular weight is 142 g/mol. The lowest BCUT2D eigenvalue weighted by Gasteiger charge is -2.14. The van der Waals surface area contributed by atoms with Gasteiger partial charge in [0.15, 0.2) is 0 Å². The monoisotopic (exact) mass is 142 g/mol. The Hall–Kier alpha value is -0.113. The molecule has 2 heteroatoms. The third-order valence-corrected chi connectivity index (χ3v) is 7.17. The lowest BCUT2D eigenvalue weighted by Crippen LogP contribution is -2.34. The minimum Gasteiger partial charge on any atom is -0.306 e. The maximum absolute atomic E-state index is 11.0. The summed E-state index contributed by atoms with van der Waals surface area (Å²) >= 11 is 0. The Balaban J connectivity index is 2.61. The first-order valence-electron chi connectivity index (χ1n) is 3.66. The van der Waals surface area contributed by atoms with Gasteiger partial charge in [-0.05, 0) is 6.92 Å². The zero-order chi connectivity index (χ0) is 6.91. The Morgan fingerprint density at radius 1 is 1.33 bits per heavy atom. The van der Waals surface area contributed by atoms with Gasteiger partial charge in [0.25, 0.3) is 0 Å². The highest BCUT2D eigenvalue weighted by atomic mass is 28.3. The molecule has 1 aliphatic heterocycles. The van der Waals surface area contributed by atoms with Crippen LogP contribution in [0.4, 0.5) is 0 Å². The summed E-state index contributed by atoms with van der Waals surface area (Å²) in [5, 5.41) is 0.514. The van der Waals surface area contributed by atoms with E-state index in [9.17, 15) is 4.79 Å². The third-order valence-electron chi connectivity index (χ3n) is 2.56. The summed E-state index contributed by atoms with van der Waals surface area (Å²) in [5.41, 5.74) is 0. The van der Waals surface area contributed by atoms with E-state index in [2.05, 4.69) is 6.55 Å². The summed E-state index contributed by atoms with van der Waals surface area (Å²) in [4.78, 5) is 11.0. The number of hydrogen-bond acceptors (Lipinski definition) is 1. The summed E-state index contributed by atoms with van der Waals surface area (Å²) in [7, 11) is -1.30. The van der Waals surface area contributed by atoms with Gasteiger partial charge in [-0.25, -0.2) is 0 Å². The zero-order valence-electron chi connectivity index (χ0n) is 6.24. The predicted molar refractivity (Wildman–Crippen MR) is 41.1 cm³/mol. The summed E-state index contributed by atoms with van der Waals surface area (Å²) in [6.07, 6.45) is 2.62. The molecule has 0 atom stereocenters. The van der Waals surface area contributed by atoms with Crippen LogP contribution in [-0.2, 0) is 4.79 Å². The third kappa shape index (κ3) is 1.23. The van der Waals surface area contributed by atoms with E-state index < -0.39 is 8.07 Å². The van der Waals surface area contributed by atoms with Crippen LogP contribution in [-0.4, -0.2) is 13.5 Å². The molecule has 0 amide bonds. The van der Waals surface area contributed by atoms with Gasteiger partial charge < -0.3 is 4.79 Å². The van der Waals surface area contributed by atoms with Crippen molar-refractivity contribution < 1.29 is 4.79 Å². The van der Waals surface area contributed by atoms with Crippen LogP contribution in [0.5, 0.6) is 0 Å². The van der Waals surface area contributed by atoms with Crippen molar-refractivity contribution in [2.75, 3.05) is 0 Å². The molecule has 1 saturated heterocycles. The second-order valence-corrected chi connectivity index (χ2v) is 8.15. The Bertz CT molecular complexity index is 125. The van der Waals surface area contributed by atoms with E-state index in [0.29, 0.717) is 5.41 Å². The Morgan fingerprint density at radius 2 is 1.78 bits per heavy atom. The van der Waals surface area contributed by atoms with Gasteiger partial charge in [-0.15, -0.1) is 0 Å². The highest BCUT2D eigenvalue weighted by Crippen LogP contribution is 2.29. The van der Waals surface area contributed by atoms with Crippen molar-refractivity contribution in [3.8, 4) is 0 Å². The van der Waals surface area contributed by atoms with Gasteiger partial charge in [0.05, 0.1) is 0 Å². The summed E-state index contributed by atoms with van der Waals surface area (Å²) in [6.45, 7) is 4.00. The largest absolute Gasteiger partial charge is 0.306 e. The van der Waals surface area contributed by atoms with Gasteiger partial charge in [-0.2, -0.15) is 0 Å². The predicted octanol–water partition coefficient (Wildman–Crippen LogP) is 1.99. The van der Waals surface area contributed by atoms with Crippen molar-refractivity contribution in [2.24, 2.45) is 0 Å². The van der Waals surface area contributed by atoms with E-state index in [1.807, 2.05) is 0 Å². The molecule has 1 heterocycles. The molecule has 52 valence electrons. The van der Waals surface area contributed by atoms with Crippen molar-refractivity contribution in [2.45, 2.75) is 38.4 Å². The lowest BCUT2D eigenvalue weighted by molar-refractivity contribution is -0.110. The first kappa shape index (κ1) is 7.00. The fourth-order valence-corrected chi connectivity index (χ4v) is 4.52. The highest BCUT2D eigenvalue weighted by Gasteiger charge is 2.35. The van der Waals surface area contributed by atoms with Crippen molar-refractivity contribution in [3.05, 3.63) is 0 Å². The smallest absolute Gasteiger partial charge is 0.129 e. The second kappa shape index (κ2) is 2.25. The molecule has 1 fully saturated rings. The number of carbonyl (C=O) groups excluding carboxylic acids is 1. The number of carbonyl (C=O) groups is 1. The second-order valence-electron chi connectivity index (χ2n) is 3.32. The number of rotatable bonds is 1. The maximum Gasteiger partial charge on any atom is 0.129 e. The fraction of sp³-hybridized carbons (Fsp3) is 0.857. The molecule has 1 rings (SSSR count). The molecule has 0 bridgehead atoms. The molecule has 1 nitrogen and oxygen atoms in total. The van der Waals surface area contributed by atoms with Gasteiger partial charge in [-0.3, -0.25) is 0 Å². The molecule has 0 saturated carbocycles. The van der Waals surface area contributed by atoms with Crippen LogP contribution >= 0.6 is 0 Å². The van der Waals surface area contributed by atoms with Gasteiger partial charge in [0.1, 0.15) is 13.5 Å². The van der Waals surface area contributed by atoms with Gasteiger partial charge in [0.2, 0.25) is 0 Å². The molecule has 0 spiro atoms. The maximum atomic E-state index is 11.0. The summed E-state index contributed by atoms with van der Waals surface area (Å²) in [5.74, 6) is 0. The van der Waals surface area contributed by atoms with Crippen LogP contribution in [0, 0.1) is 0 Å². The zero-order valence-corrected chi connectivity index (χ0v) is 7.24. The highest BCUT2D eigenvalue weighted by molar-refractivity contribution is 7.05. The van der Waals surface area contributed by atoms with E-state index in [1.165, 1.54) is 24.9 Å². The van der Waals surface area contributed by atoms with Crippen molar-refractivity contribution in [3.63, 3.8) is 0 Å². The molecule has 0 aliphatic carbocycles. The van der Waals surface area contributed by atoms with Crippen LogP contribution < -0.4 is 0 Å². The van der Waals surface area contributed by atoms with Crippen LogP contribution in [0.25, 0.3) is 0 Å². The molecule has 1 aliphatic rings. The van der Waals surface area contributed by atoms with Crippen molar-refractivity contribution in [1.82, 2.24) is 0 Å². The van der Waals surface area contributed by atoms with Crippen molar-refractivity contribution in [1.29, 1.82) is 0 Å². The van der Waals surface area contributed by atoms with Gasteiger partial charge in [0, 0.05) is 0 Å². The normalized spacial score (nSPS) is 24.2. The number of hydrogen-bond donors (Lipinski definition) is 0. The lowest BCUT2D eigenvalue weighted by atomic mass is 10.4. The fourth-order valence-electron chi connectivity index (χ4n) is 1.51. The Morgan fingerprint density at radius 3 is 2.00 bits per heavy atom. The Labute approximate surface area is 57.5 Å². The average Bonchev–Trinajstić information content (AvgIpc) is 2.16. The molecule has 9 heavy (non-hydrogen) atoms. The van der Waals surface area contributed by atoms with E-state index in [-0.39, 0.29) is 0 Å². The van der Waals surface area contributed by atoms with Crippen LogP contribution in [0.1, 0.15) is 19.8 Å². The van der Waals surface area contributed by atoms with Crippen LogP contribution in [0.2, 0.25) is 18.6 Å². The van der Waals surface area contributed by atoms with E-state index in [0.717, 1.165) is 0 Å². The first-order valence-corrected chi connectivity index (χ1v) is 6.58. The van der Waals surface area contributed by atoms with Crippen molar-refractivity contribution >= 4 is 13.5 Å². The topological polar surface area (TPSA) is 17.1 Å². The van der Waals surface area contributed by atoms with Crippen LogP contribution in [0.15, 0.2) is 0 Å².